The summed E-state index contributed by atoms with van der Waals surface area (Å²) in [7, 11) is 0. The van der Waals surface area contributed by atoms with Gasteiger partial charge in [-0.15, -0.1) is 0 Å². The second kappa shape index (κ2) is 11.1. The lowest BCUT2D eigenvalue weighted by molar-refractivity contribution is -0.167. The monoisotopic (exact) mass is 474 g/mol. The zero-order chi connectivity index (χ0) is 24.5. The first-order chi connectivity index (χ1) is 16.2. The molecule has 4 aliphatic rings. The molecule has 4 fully saturated rings. The highest BCUT2D eigenvalue weighted by atomic mass is 16.3. The topological polar surface area (TPSA) is 58.3 Å². The van der Waals surface area contributed by atoms with Gasteiger partial charge in [0.1, 0.15) is 0 Å². The van der Waals surface area contributed by atoms with E-state index in [1.165, 1.54) is 70.6 Å². The van der Waals surface area contributed by atoms with Crippen LogP contribution in [0.1, 0.15) is 118 Å². The fourth-order valence-electron chi connectivity index (χ4n) is 10.0. The molecule has 0 spiro atoms. The summed E-state index contributed by atoms with van der Waals surface area (Å²) in [5, 5.41) is 15.5. The molecule has 3 heteroatoms. The minimum absolute atomic E-state index is 0.0707. The normalized spacial score (nSPS) is 45.0. The summed E-state index contributed by atoms with van der Waals surface area (Å²) in [4.78, 5) is 0. The maximum atomic E-state index is 11.6. The van der Waals surface area contributed by atoms with E-state index in [0.29, 0.717) is 28.7 Å². The van der Waals surface area contributed by atoms with Crippen molar-refractivity contribution < 1.29 is 5.11 Å². The van der Waals surface area contributed by atoms with E-state index >= 15 is 0 Å². The molecular weight excluding hydrogens is 416 g/mol. The van der Waals surface area contributed by atoms with Crippen LogP contribution in [0.5, 0.6) is 0 Å². The maximum absolute atomic E-state index is 11.6. The molecule has 10 atom stereocenters. The summed E-state index contributed by atoms with van der Waals surface area (Å²) in [6, 6.07) is 0.649. The highest BCUT2D eigenvalue weighted by Crippen LogP contribution is 2.68. The first-order valence-electron chi connectivity index (χ1n) is 15.3. The van der Waals surface area contributed by atoms with Crippen LogP contribution < -0.4 is 11.1 Å². The van der Waals surface area contributed by atoms with Gasteiger partial charge in [-0.2, -0.15) is 0 Å². The second-order valence-electron chi connectivity index (χ2n) is 14.2. The smallest absolute Gasteiger partial charge is 0.0577 e. The Morgan fingerprint density at radius 2 is 1.62 bits per heavy atom. The minimum atomic E-state index is -0.0707. The van der Waals surface area contributed by atoms with E-state index in [4.69, 9.17) is 5.73 Å². The average Bonchev–Trinajstić information content (AvgIpc) is 3.14. The first-order valence-corrected chi connectivity index (χ1v) is 15.3. The molecule has 0 amide bonds. The van der Waals surface area contributed by atoms with E-state index < -0.39 is 0 Å². The molecule has 0 aromatic carbocycles. The number of aliphatic hydroxyl groups excluding tert-OH is 1. The molecule has 0 bridgehead atoms. The van der Waals surface area contributed by atoms with Gasteiger partial charge in [0.15, 0.2) is 0 Å². The molecule has 0 saturated heterocycles. The van der Waals surface area contributed by atoms with Crippen LogP contribution in [0.4, 0.5) is 0 Å². The van der Waals surface area contributed by atoms with Crippen LogP contribution in [0.25, 0.3) is 0 Å². The third-order valence-electron chi connectivity index (χ3n) is 11.9. The van der Waals surface area contributed by atoms with Gasteiger partial charge in [0.05, 0.1) is 6.10 Å². The van der Waals surface area contributed by atoms with Crippen molar-refractivity contribution in [1.82, 2.24) is 5.32 Å². The van der Waals surface area contributed by atoms with E-state index in [0.717, 1.165) is 55.5 Å². The fraction of sp³-hybridized carbons (Fsp3) is 1.00. The van der Waals surface area contributed by atoms with Crippen molar-refractivity contribution in [1.29, 1.82) is 0 Å². The Morgan fingerprint density at radius 3 is 2.35 bits per heavy atom. The lowest BCUT2D eigenvalue weighted by Gasteiger charge is -2.62. The summed E-state index contributed by atoms with van der Waals surface area (Å²) in [5.74, 6) is 5.29. The molecule has 0 aromatic rings. The number of hydrogen-bond acceptors (Lipinski definition) is 3. The standard InChI is InChI=1S/C31H58N2O/c1-21(2)9-8-10-22(3)25-11-12-26-29-27(14-16-31(25,26)5)30(4)15-13-24(33-18-7-6-17-32)19-23(30)20-28(29)34/h21-29,33-34H,6-20,32H2,1-5H3/t22-,23-,24?,25-,26?,27?,28-,29?,30+,31-/m1/s1. The Hall–Kier alpha value is -0.120. The maximum Gasteiger partial charge on any atom is 0.0577 e. The predicted octanol–water partition coefficient (Wildman–Crippen LogP) is 6.78. The molecule has 3 nitrogen and oxygen atoms in total. The molecule has 0 aliphatic heterocycles. The summed E-state index contributed by atoms with van der Waals surface area (Å²) in [6.45, 7) is 14.5. The SMILES string of the molecule is CC(C)CCC[C@@H](C)[C@H]1CCC2C3C(CC[C@@]21C)[C@@]1(C)CCC(NCCCCN)C[C@@H]1C[C@H]3O. The third-order valence-corrected chi connectivity index (χ3v) is 11.9. The molecule has 4 rings (SSSR count). The van der Waals surface area contributed by atoms with Crippen LogP contribution in [-0.2, 0) is 0 Å². The van der Waals surface area contributed by atoms with Crippen LogP contribution in [-0.4, -0.2) is 30.3 Å². The largest absolute Gasteiger partial charge is 0.393 e. The lowest BCUT2D eigenvalue weighted by atomic mass is 9.43. The Morgan fingerprint density at radius 1 is 0.882 bits per heavy atom. The molecular formula is C31H58N2O. The molecule has 0 aromatic heterocycles. The molecule has 0 heterocycles. The Balaban J connectivity index is 1.41. The number of fused-ring (bicyclic) bond motifs is 5. The van der Waals surface area contributed by atoms with Gasteiger partial charge in [0.2, 0.25) is 0 Å². The lowest BCUT2D eigenvalue weighted by Crippen LogP contribution is -2.59. The highest BCUT2D eigenvalue weighted by molar-refractivity contribution is 5.12. The molecule has 4 unspecified atom stereocenters. The van der Waals surface area contributed by atoms with Gasteiger partial charge in [-0.1, -0.05) is 53.9 Å². The van der Waals surface area contributed by atoms with E-state index in [1.54, 1.807) is 0 Å². The van der Waals surface area contributed by atoms with Gasteiger partial charge < -0.3 is 16.2 Å². The molecule has 4 aliphatic carbocycles. The molecule has 34 heavy (non-hydrogen) atoms. The minimum Gasteiger partial charge on any atom is -0.393 e. The predicted molar refractivity (Wildman–Crippen MR) is 145 cm³/mol. The zero-order valence-electron chi connectivity index (χ0n) is 23.3. The first kappa shape index (κ1) is 26.9. The third kappa shape index (κ3) is 5.14. The molecule has 0 radical (unpaired) electrons. The number of nitrogens with one attached hydrogen (secondary N) is 1. The van der Waals surface area contributed by atoms with Crippen molar-refractivity contribution >= 4 is 0 Å². The van der Waals surface area contributed by atoms with Crippen molar-refractivity contribution in [2.24, 2.45) is 58.0 Å². The van der Waals surface area contributed by atoms with Crippen molar-refractivity contribution in [3.8, 4) is 0 Å². The quantitative estimate of drug-likeness (QED) is 0.306. The number of aliphatic hydroxyl groups is 1. The average molecular weight is 475 g/mol. The van der Waals surface area contributed by atoms with Gasteiger partial charge in [-0.05, 0) is 130 Å². The summed E-state index contributed by atoms with van der Waals surface area (Å²) >= 11 is 0. The summed E-state index contributed by atoms with van der Waals surface area (Å²) in [5.41, 5.74) is 6.59. The Labute approximate surface area is 211 Å². The fourth-order valence-corrected chi connectivity index (χ4v) is 10.0. The van der Waals surface area contributed by atoms with E-state index in [2.05, 4.69) is 39.9 Å². The molecule has 4 saturated carbocycles. The number of hydrogen-bond donors (Lipinski definition) is 3. The Bertz CT molecular complexity index is 651. The molecule has 4 N–H and O–H groups in total. The van der Waals surface area contributed by atoms with Crippen LogP contribution >= 0.6 is 0 Å². The summed E-state index contributed by atoms with van der Waals surface area (Å²) < 4.78 is 0. The van der Waals surface area contributed by atoms with Crippen LogP contribution in [0.2, 0.25) is 0 Å². The Kier molecular flexibility index (Phi) is 8.79. The van der Waals surface area contributed by atoms with Gasteiger partial charge in [-0.25, -0.2) is 0 Å². The van der Waals surface area contributed by atoms with Crippen LogP contribution in [0, 0.1) is 52.3 Å². The van der Waals surface area contributed by atoms with E-state index in [9.17, 15) is 5.11 Å². The van der Waals surface area contributed by atoms with Gasteiger partial charge in [-0.3, -0.25) is 0 Å². The summed E-state index contributed by atoms with van der Waals surface area (Å²) in [6.07, 6.45) is 17.0. The number of unbranched alkanes of at least 4 members (excludes halogenated alkanes) is 1. The van der Waals surface area contributed by atoms with Gasteiger partial charge in [0.25, 0.3) is 0 Å². The highest BCUT2D eigenvalue weighted by Gasteiger charge is 2.62. The second-order valence-corrected chi connectivity index (χ2v) is 14.2. The number of nitrogens with two attached hydrogens (primary N) is 1. The van der Waals surface area contributed by atoms with Crippen molar-refractivity contribution in [3.63, 3.8) is 0 Å². The van der Waals surface area contributed by atoms with Crippen molar-refractivity contribution in [2.75, 3.05) is 13.1 Å². The van der Waals surface area contributed by atoms with Crippen molar-refractivity contribution in [3.05, 3.63) is 0 Å². The molecule has 198 valence electrons. The van der Waals surface area contributed by atoms with E-state index in [1.807, 2.05) is 0 Å². The van der Waals surface area contributed by atoms with Crippen LogP contribution in [0.15, 0.2) is 0 Å². The van der Waals surface area contributed by atoms with E-state index in [-0.39, 0.29) is 6.10 Å². The van der Waals surface area contributed by atoms with Crippen LogP contribution in [0.3, 0.4) is 0 Å². The number of rotatable bonds is 10. The zero-order valence-corrected chi connectivity index (χ0v) is 23.3. The van der Waals surface area contributed by atoms with Crippen molar-refractivity contribution in [2.45, 2.75) is 130 Å². The van der Waals surface area contributed by atoms with Gasteiger partial charge in [0, 0.05) is 6.04 Å². The van der Waals surface area contributed by atoms with Gasteiger partial charge >= 0.3 is 0 Å².